The van der Waals surface area contributed by atoms with E-state index in [1.807, 2.05) is 0 Å². The third-order valence-electron chi connectivity index (χ3n) is 12.1. The summed E-state index contributed by atoms with van der Waals surface area (Å²) in [5, 5.41) is 50.0. The number of hydrogen-bond donors (Lipinski definition) is 9. The molecule has 0 spiro atoms. The predicted molar refractivity (Wildman–Crippen MR) is 272 cm³/mol. The topological polar surface area (TPSA) is 349 Å². The maximum atomic E-state index is 12.9. The van der Waals surface area contributed by atoms with Crippen LogP contribution in [0.4, 0.5) is 0 Å². The molecular formula is C50H85N5O18S. The van der Waals surface area contributed by atoms with Gasteiger partial charge < -0.3 is 66.0 Å². The Hall–Kier alpha value is -4.75. The van der Waals surface area contributed by atoms with Crippen molar-refractivity contribution < 1.29 is 87.3 Å². The molecule has 0 bridgehead atoms. The van der Waals surface area contributed by atoms with E-state index in [4.69, 9.17) is 34.3 Å². The second kappa shape index (κ2) is 43.5. The summed E-state index contributed by atoms with van der Waals surface area (Å²) < 4.78 is 21.4. The van der Waals surface area contributed by atoms with E-state index < -0.39 is 48.3 Å². The fourth-order valence-corrected chi connectivity index (χ4v) is 8.55. The fourth-order valence-electron chi connectivity index (χ4n) is 7.61. The second-order valence-corrected chi connectivity index (χ2v) is 19.5. The van der Waals surface area contributed by atoms with E-state index in [1.54, 1.807) is 6.92 Å². The third-order valence-corrected chi connectivity index (χ3v) is 13.3. The molecule has 1 saturated carbocycles. The number of carboxylic acid groups (broad SMARTS) is 3. The molecule has 0 aromatic rings. The van der Waals surface area contributed by atoms with Crippen molar-refractivity contribution in [1.29, 1.82) is 0 Å². The number of aliphatic carboxylic acids is 3. The Morgan fingerprint density at radius 1 is 0.568 bits per heavy atom. The quantitative estimate of drug-likeness (QED) is 0.0394. The number of aliphatic hydroxyl groups is 1. The minimum Gasteiger partial charge on any atom is -0.481 e. The molecule has 5 amide bonds. The summed E-state index contributed by atoms with van der Waals surface area (Å²) in [7, 11) is 0. The highest BCUT2D eigenvalue weighted by molar-refractivity contribution is 7.99. The zero-order valence-corrected chi connectivity index (χ0v) is 44.2. The number of unbranched alkanes of at least 4 members (excludes halogenated alkanes) is 7. The predicted octanol–water partition coefficient (Wildman–Crippen LogP) is 2.03. The van der Waals surface area contributed by atoms with E-state index in [2.05, 4.69) is 26.6 Å². The van der Waals surface area contributed by atoms with Gasteiger partial charge in [0.25, 0.3) is 0 Å². The molecule has 0 aliphatic heterocycles. The van der Waals surface area contributed by atoms with Gasteiger partial charge >= 0.3 is 17.9 Å². The van der Waals surface area contributed by atoms with Crippen molar-refractivity contribution >= 4 is 70.8 Å². The SMILES string of the molecule is C[C@@H](CSCC(=O)NCCCC(=O)COCCOCCNC(=O)COCCOCCNC(=O)CCC(NC(=O)C1CCC(CNC(=O)CCCCCCCCCCC(=O)O)CC1)C(=O)O)C(=O)C[C@@H](CO)C(=O)O. The van der Waals surface area contributed by atoms with Crippen LogP contribution in [0.2, 0.25) is 0 Å². The van der Waals surface area contributed by atoms with Crippen molar-refractivity contribution in [2.45, 2.75) is 135 Å². The minimum atomic E-state index is -1.23. The molecule has 9 N–H and O–H groups in total. The number of carbonyl (C=O) groups excluding carboxylic acids is 7. The lowest BCUT2D eigenvalue weighted by Crippen LogP contribution is -2.45. The molecular weight excluding hydrogens is 991 g/mol. The van der Waals surface area contributed by atoms with E-state index in [0.29, 0.717) is 44.5 Å². The molecule has 1 aliphatic rings. The molecule has 424 valence electrons. The number of thioether (sulfide) groups is 1. The van der Waals surface area contributed by atoms with E-state index in [9.17, 15) is 53.1 Å². The Balaban J connectivity index is 1.99. The summed E-state index contributed by atoms with van der Waals surface area (Å²) >= 11 is 1.24. The average molecular weight is 1080 g/mol. The Labute approximate surface area is 439 Å². The molecule has 0 heterocycles. The number of amides is 5. The fraction of sp³-hybridized carbons (Fsp3) is 0.800. The van der Waals surface area contributed by atoms with Crippen LogP contribution in [-0.4, -0.2) is 183 Å². The maximum Gasteiger partial charge on any atom is 0.326 e. The van der Waals surface area contributed by atoms with Gasteiger partial charge in [-0.25, -0.2) is 4.79 Å². The number of ketones is 2. The van der Waals surface area contributed by atoms with E-state index in [0.717, 1.165) is 64.2 Å². The summed E-state index contributed by atoms with van der Waals surface area (Å²) in [4.78, 5) is 119. The van der Waals surface area contributed by atoms with Crippen molar-refractivity contribution in [3.63, 3.8) is 0 Å². The molecule has 0 aromatic carbocycles. The van der Waals surface area contributed by atoms with Gasteiger partial charge in [0.2, 0.25) is 29.5 Å². The van der Waals surface area contributed by atoms with Crippen molar-refractivity contribution in [1.82, 2.24) is 26.6 Å². The molecule has 24 heteroatoms. The van der Waals surface area contributed by atoms with Crippen LogP contribution in [0.3, 0.4) is 0 Å². The van der Waals surface area contributed by atoms with Gasteiger partial charge in [0.1, 0.15) is 25.0 Å². The van der Waals surface area contributed by atoms with Crippen LogP contribution >= 0.6 is 11.8 Å². The highest BCUT2D eigenvalue weighted by atomic mass is 32.2. The number of carbonyl (C=O) groups is 10. The lowest BCUT2D eigenvalue weighted by molar-refractivity contribution is -0.145. The maximum absolute atomic E-state index is 12.9. The second-order valence-electron chi connectivity index (χ2n) is 18.5. The first-order valence-corrected chi connectivity index (χ1v) is 27.3. The van der Waals surface area contributed by atoms with Crippen LogP contribution in [-0.2, 0) is 66.9 Å². The van der Waals surface area contributed by atoms with Crippen LogP contribution in [0.5, 0.6) is 0 Å². The molecule has 0 saturated heterocycles. The number of rotatable bonds is 48. The lowest BCUT2D eigenvalue weighted by Gasteiger charge is -2.28. The van der Waals surface area contributed by atoms with Gasteiger partial charge in [-0.15, -0.1) is 0 Å². The first-order valence-electron chi connectivity index (χ1n) is 26.1. The minimum absolute atomic E-state index is 0.0184. The number of hydrogen-bond acceptors (Lipinski definition) is 16. The summed E-state index contributed by atoms with van der Waals surface area (Å²) in [6.07, 6.45) is 11.2. The van der Waals surface area contributed by atoms with Crippen molar-refractivity contribution in [3.05, 3.63) is 0 Å². The smallest absolute Gasteiger partial charge is 0.326 e. The number of ether oxygens (including phenoxy) is 4. The zero-order chi connectivity index (χ0) is 54.8. The normalized spacial score (nSPS) is 15.5. The van der Waals surface area contributed by atoms with Gasteiger partial charge in [0.05, 0.1) is 57.9 Å². The van der Waals surface area contributed by atoms with Gasteiger partial charge in [-0.1, -0.05) is 45.4 Å². The van der Waals surface area contributed by atoms with Crippen LogP contribution in [0.1, 0.15) is 129 Å². The molecule has 1 rings (SSSR count). The Kier molecular flexibility index (Phi) is 39.5. The van der Waals surface area contributed by atoms with Gasteiger partial charge in [-0.05, 0) is 57.3 Å². The molecule has 1 aliphatic carbocycles. The molecule has 3 atom stereocenters. The van der Waals surface area contributed by atoms with E-state index >= 15 is 0 Å². The van der Waals surface area contributed by atoms with Crippen molar-refractivity contribution in [2.24, 2.45) is 23.7 Å². The molecule has 23 nitrogen and oxygen atoms in total. The third kappa shape index (κ3) is 37.1. The van der Waals surface area contributed by atoms with Gasteiger partial charge in [-0.3, -0.25) is 43.2 Å². The van der Waals surface area contributed by atoms with Crippen molar-refractivity contribution in [3.8, 4) is 0 Å². The number of aliphatic hydroxyl groups excluding tert-OH is 1. The molecule has 1 unspecified atom stereocenters. The van der Waals surface area contributed by atoms with Gasteiger partial charge in [0.15, 0.2) is 5.78 Å². The standard InChI is InChI=1S/C50H85N5O18S/c1-36(42(58)29-39(31-56)49(66)67)34-74-35-46(62)51-20-10-11-40(57)32-72-27-25-71-24-22-53-45(61)33-73-28-26-70-23-21-52-44(60)19-18-41(50(68)69)55-48(65)38-16-14-37(15-17-38)30-54-43(59)12-8-6-4-2-3-5-7-9-13-47(63)64/h36-39,41,56H,2-35H2,1H3,(H,51,62)(H,52,60)(H,53,61)(H,54,59)(H,55,65)(H,63,64)(H,66,67)(H,68,69)/t36-,37?,38?,39-,41?/m0/s1. The van der Waals surface area contributed by atoms with Crippen LogP contribution < -0.4 is 26.6 Å². The zero-order valence-electron chi connectivity index (χ0n) is 43.3. The Bertz CT molecular complexity index is 1680. The monoisotopic (exact) mass is 1080 g/mol. The lowest BCUT2D eigenvalue weighted by atomic mass is 9.81. The van der Waals surface area contributed by atoms with Crippen LogP contribution in [0, 0.1) is 23.7 Å². The highest BCUT2D eigenvalue weighted by Crippen LogP contribution is 2.29. The van der Waals surface area contributed by atoms with Gasteiger partial charge in [0, 0.05) is 75.9 Å². The molecule has 74 heavy (non-hydrogen) atoms. The van der Waals surface area contributed by atoms with Crippen LogP contribution in [0.25, 0.3) is 0 Å². The average Bonchev–Trinajstić information content (AvgIpc) is 3.36. The number of Topliss-reactive ketones (excluding diaryl/α,β-unsaturated/α-hetero) is 2. The first kappa shape index (κ1) is 67.3. The first-order chi connectivity index (χ1) is 35.5. The van der Waals surface area contributed by atoms with Crippen LogP contribution in [0.15, 0.2) is 0 Å². The summed E-state index contributed by atoms with van der Waals surface area (Å²) in [5.74, 6) is -6.23. The van der Waals surface area contributed by atoms with E-state index in [-0.39, 0.29) is 151 Å². The largest absolute Gasteiger partial charge is 0.481 e. The molecule has 0 radical (unpaired) electrons. The summed E-state index contributed by atoms with van der Waals surface area (Å²) in [6.45, 7) is 2.98. The van der Waals surface area contributed by atoms with Crippen molar-refractivity contribution in [2.75, 3.05) is 97.1 Å². The Morgan fingerprint density at radius 3 is 1.72 bits per heavy atom. The Morgan fingerprint density at radius 2 is 1.12 bits per heavy atom. The van der Waals surface area contributed by atoms with Gasteiger partial charge in [-0.2, -0.15) is 11.8 Å². The highest BCUT2D eigenvalue weighted by Gasteiger charge is 2.30. The molecule has 0 aromatic heterocycles. The summed E-state index contributed by atoms with van der Waals surface area (Å²) in [5.41, 5.74) is 0. The number of nitrogens with one attached hydrogen (secondary N) is 5. The van der Waals surface area contributed by atoms with E-state index in [1.165, 1.54) is 11.8 Å². The number of carboxylic acids is 3. The summed E-state index contributed by atoms with van der Waals surface area (Å²) in [6, 6.07) is -1.21. The molecule has 1 fully saturated rings.